The lowest BCUT2D eigenvalue weighted by Gasteiger charge is -2.25. The molecular formula is C26H29N3O3. The van der Waals surface area contributed by atoms with Crippen molar-refractivity contribution in [1.82, 2.24) is 9.78 Å². The van der Waals surface area contributed by atoms with Crippen LogP contribution in [0.4, 0.5) is 5.69 Å². The lowest BCUT2D eigenvalue weighted by molar-refractivity contribution is -0.132. The van der Waals surface area contributed by atoms with Crippen LogP contribution in [0.15, 0.2) is 60.4 Å². The van der Waals surface area contributed by atoms with Gasteiger partial charge in [-0.1, -0.05) is 25.1 Å². The monoisotopic (exact) mass is 431 g/mol. The van der Waals surface area contributed by atoms with Crippen molar-refractivity contribution in [3.63, 3.8) is 0 Å². The van der Waals surface area contributed by atoms with Gasteiger partial charge < -0.3 is 14.7 Å². The van der Waals surface area contributed by atoms with Gasteiger partial charge in [-0.15, -0.1) is 0 Å². The van der Waals surface area contributed by atoms with Crippen LogP contribution in [0.1, 0.15) is 37.8 Å². The van der Waals surface area contributed by atoms with Crippen LogP contribution in [0.2, 0.25) is 0 Å². The van der Waals surface area contributed by atoms with Crippen molar-refractivity contribution in [2.24, 2.45) is 0 Å². The summed E-state index contributed by atoms with van der Waals surface area (Å²) in [6.45, 7) is 7.01. The summed E-state index contributed by atoms with van der Waals surface area (Å²) >= 11 is 0. The van der Waals surface area contributed by atoms with Crippen LogP contribution in [0.5, 0.6) is 5.75 Å². The van der Waals surface area contributed by atoms with Gasteiger partial charge >= 0.3 is 5.97 Å². The van der Waals surface area contributed by atoms with Gasteiger partial charge in [0.1, 0.15) is 5.75 Å². The Labute approximate surface area is 188 Å². The fourth-order valence-electron chi connectivity index (χ4n) is 3.95. The minimum absolute atomic E-state index is 0.429. The van der Waals surface area contributed by atoms with Gasteiger partial charge in [0, 0.05) is 42.7 Å². The van der Waals surface area contributed by atoms with Gasteiger partial charge in [-0.2, -0.15) is 5.10 Å². The van der Waals surface area contributed by atoms with E-state index in [9.17, 15) is 9.90 Å². The summed E-state index contributed by atoms with van der Waals surface area (Å²) in [5.74, 6) is -0.00310. The molecule has 3 aromatic rings. The Morgan fingerprint density at radius 3 is 2.59 bits per heavy atom. The minimum atomic E-state index is -0.862. The van der Waals surface area contributed by atoms with Crippen LogP contribution in [0.3, 0.4) is 0 Å². The van der Waals surface area contributed by atoms with Crippen LogP contribution < -0.4 is 9.64 Å². The molecule has 0 bridgehead atoms. The molecule has 1 aliphatic heterocycles. The zero-order chi connectivity index (χ0) is 22.5. The van der Waals surface area contributed by atoms with Gasteiger partial charge in [0.05, 0.1) is 12.8 Å². The highest BCUT2D eigenvalue weighted by molar-refractivity contribution is 5.94. The highest BCUT2D eigenvalue weighted by Crippen LogP contribution is 2.33. The zero-order valence-corrected chi connectivity index (χ0v) is 18.6. The van der Waals surface area contributed by atoms with Crippen LogP contribution in [-0.4, -0.2) is 34.0 Å². The maximum atomic E-state index is 11.8. The van der Waals surface area contributed by atoms with Gasteiger partial charge in [-0.05, 0) is 66.8 Å². The van der Waals surface area contributed by atoms with Gasteiger partial charge in [-0.25, -0.2) is 4.79 Å². The number of carbonyl (C=O) groups is 1. The van der Waals surface area contributed by atoms with Crippen molar-refractivity contribution >= 4 is 17.7 Å². The first kappa shape index (κ1) is 21.7. The SMILES string of the molecule is CCCOc1ccc(-c2ccc3c(c2)C=C(C(=O)O)CCN3Cc2cnn(CC)c2)cc1. The molecule has 0 aliphatic carbocycles. The van der Waals surface area contributed by atoms with E-state index in [2.05, 4.69) is 42.0 Å². The standard InChI is InChI=1S/C26H29N3O3/c1-3-13-32-24-8-5-20(6-9-24)21-7-10-25-23(14-21)15-22(26(30)31)11-12-28(25)17-19-16-27-29(4-2)18-19/h5-10,14-16,18H,3-4,11-13,17H2,1-2H3,(H,30,31). The number of fused-ring (bicyclic) bond motifs is 1. The van der Waals surface area contributed by atoms with E-state index in [0.29, 0.717) is 31.7 Å². The second kappa shape index (κ2) is 9.73. The van der Waals surface area contributed by atoms with E-state index < -0.39 is 5.97 Å². The molecule has 1 aliphatic rings. The summed E-state index contributed by atoms with van der Waals surface area (Å²) in [5, 5.41) is 14.0. The van der Waals surface area contributed by atoms with E-state index in [0.717, 1.165) is 46.7 Å². The second-order valence-electron chi connectivity index (χ2n) is 8.00. The fourth-order valence-corrected chi connectivity index (χ4v) is 3.95. The number of rotatable bonds is 8. The molecule has 0 saturated carbocycles. The Morgan fingerprint density at radius 2 is 1.91 bits per heavy atom. The van der Waals surface area contributed by atoms with Crippen LogP contribution in [-0.2, 0) is 17.9 Å². The van der Waals surface area contributed by atoms with Gasteiger partial charge in [-0.3, -0.25) is 4.68 Å². The van der Waals surface area contributed by atoms with E-state index in [-0.39, 0.29) is 0 Å². The molecule has 0 spiro atoms. The molecule has 6 heteroatoms. The summed E-state index contributed by atoms with van der Waals surface area (Å²) in [7, 11) is 0. The Morgan fingerprint density at radius 1 is 1.12 bits per heavy atom. The van der Waals surface area contributed by atoms with Gasteiger partial charge in [0.15, 0.2) is 0 Å². The van der Waals surface area contributed by atoms with E-state index in [4.69, 9.17) is 4.74 Å². The normalized spacial score (nSPS) is 13.3. The number of hydrogen-bond donors (Lipinski definition) is 1. The van der Waals surface area contributed by atoms with E-state index in [1.807, 2.05) is 47.4 Å². The van der Waals surface area contributed by atoms with Crippen LogP contribution in [0.25, 0.3) is 17.2 Å². The predicted octanol–water partition coefficient (Wildman–Crippen LogP) is 5.24. The number of benzene rings is 2. The molecule has 0 radical (unpaired) electrons. The van der Waals surface area contributed by atoms with Gasteiger partial charge in [0.25, 0.3) is 0 Å². The minimum Gasteiger partial charge on any atom is -0.494 e. The van der Waals surface area contributed by atoms with Crippen molar-refractivity contribution in [3.8, 4) is 16.9 Å². The average molecular weight is 432 g/mol. The second-order valence-corrected chi connectivity index (χ2v) is 8.00. The first-order valence-electron chi connectivity index (χ1n) is 11.1. The summed E-state index contributed by atoms with van der Waals surface area (Å²) in [6, 6.07) is 14.3. The maximum Gasteiger partial charge on any atom is 0.331 e. The number of nitrogens with zero attached hydrogens (tertiary/aromatic N) is 3. The van der Waals surface area contributed by atoms with E-state index in [1.165, 1.54) is 0 Å². The molecule has 4 rings (SSSR count). The number of carboxylic acid groups (broad SMARTS) is 1. The molecule has 2 heterocycles. The number of carboxylic acids is 1. The molecule has 0 amide bonds. The fraction of sp³-hybridized carbons (Fsp3) is 0.308. The van der Waals surface area contributed by atoms with E-state index in [1.54, 1.807) is 0 Å². The number of aryl methyl sites for hydroxylation is 1. The van der Waals surface area contributed by atoms with Crippen molar-refractivity contribution in [1.29, 1.82) is 0 Å². The number of anilines is 1. The molecule has 32 heavy (non-hydrogen) atoms. The first-order valence-corrected chi connectivity index (χ1v) is 11.1. The molecule has 1 N–H and O–H groups in total. The third-order valence-corrected chi connectivity index (χ3v) is 5.67. The Bertz CT molecular complexity index is 1120. The van der Waals surface area contributed by atoms with Crippen LogP contribution >= 0.6 is 0 Å². The Hall–Kier alpha value is -3.54. The predicted molar refractivity (Wildman–Crippen MR) is 127 cm³/mol. The van der Waals surface area contributed by atoms with E-state index >= 15 is 0 Å². The molecule has 0 unspecified atom stereocenters. The summed E-state index contributed by atoms with van der Waals surface area (Å²) < 4.78 is 7.59. The highest BCUT2D eigenvalue weighted by Gasteiger charge is 2.20. The molecule has 6 nitrogen and oxygen atoms in total. The van der Waals surface area contributed by atoms with Gasteiger partial charge in [0.2, 0.25) is 0 Å². The topological polar surface area (TPSA) is 67.6 Å². The smallest absolute Gasteiger partial charge is 0.331 e. The molecule has 0 saturated heterocycles. The first-order chi connectivity index (χ1) is 15.6. The third kappa shape index (κ3) is 4.85. The number of aromatic nitrogens is 2. The number of ether oxygens (including phenoxy) is 1. The molecule has 1 aromatic heterocycles. The molecular weight excluding hydrogens is 402 g/mol. The lowest BCUT2D eigenvalue weighted by Crippen LogP contribution is -2.24. The average Bonchev–Trinajstić information content (AvgIpc) is 3.19. The lowest BCUT2D eigenvalue weighted by atomic mass is 10.00. The number of hydrogen-bond acceptors (Lipinski definition) is 4. The quantitative estimate of drug-likeness (QED) is 0.528. The molecule has 0 atom stereocenters. The summed E-state index contributed by atoms with van der Waals surface area (Å²) in [4.78, 5) is 14.0. The Kier molecular flexibility index (Phi) is 6.59. The Balaban J connectivity index is 1.65. The maximum absolute atomic E-state index is 11.8. The summed E-state index contributed by atoms with van der Waals surface area (Å²) in [5.41, 5.74) is 5.62. The molecule has 0 fully saturated rings. The molecule has 2 aromatic carbocycles. The highest BCUT2D eigenvalue weighted by atomic mass is 16.5. The molecule has 166 valence electrons. The number of aliphatic carboxylic acids is 1. The van der Waals surface area contributed by atoms with Crippen molar-refractivity contribution in [3.05, 3.63) is 71.6 Å². The van der Waals surface area contributed by atoms with Crippen molar-refractivity contribution in [2.75, 3.05) is 18.1 Å². The largest absolute Gasteiger partial charge is 0.494 e. The van der Waals surface area contributed by atoms with Crippen LogP contribution in [0, 0.1) is 0 Å². The third-order valence-electron chi connectivity index (χ3n) is 5.67. The zero-order valence-electron chi connectivity index (χ0n) is 18.6. The van der Waals surface area contributed by atoms with Crippen molar-refractivity contribution in [2.45, 2.75) is 39.8 Å². The van der Waals surface area contributed by atoms with Crippen molar-refractivity contribution < 1.29 is 14.6 Å². The summed E-state index contributed by atoms with van der Waals surface area (Å²) in [6.07, 6.45) is 7.21.